The molecule has 0 aliphatic rings. The van der Waals surface area contributed by atoms with Gasteiger partial charge in [-0.15, -0.1) is 11.6 Å². The summed E-state index contributed by atoms with van der Waals surface area (Å²) in [6, 6.07) is 4.14. The number of nitrogens with zero attached hydrogens (tertiary/aromatic N) is 2. The molecule has 2 aromatic rings. The fourth-order valence-corrected chi connectivity index (χ4v) is 2.30. The van der Waals surface area contributed by atoms with Crippen LogP contribution in [0.15, 0.2) is 18.2 Å². The van der Waals surface area contributed by atoms with Gasteiger partial charge in [-0.1, -0.05) is 12.1 Å². The minimum atomic E-state index is -0.841. The Labute approximate surface area is 109 Å². The smallest absolute Gasteiger partial charge is 0.163 e. The summed E-state index contributed by atoms with van der Waals surface area (Å²) < 4.78 is 28.3. The number of rotatable bonds is 3. The van der Waals surface area contributed by atoms with Gasteiger partial charge in [0, 0.05) is 16.8 Å². The summed E-state index contributed by atoms with van der Waals surface area (Å²) in [5.74, 6) is -1.30. The maximum absolute atomic E-state index is 13.6. The number of aromatic nitrogens is 2. The molecule has 0 aliphatic carbocycles. The molecular formula is C13H13ClF2N2. The molecule has 1 aromatic heterocycles. The van der Waals surface area contributed by atoms with E-state index in [9.17, 15) is 8.78 Å². The molecule has 0 radical (unpaired) electrons. The van der Waals surface area contributed by atoms with E-state index in [4.69, 9.17) is 11.6 Å². The highest BCUT2D eigenvalue weighted by molar-refractivity contribution is 6.17. The average Bonchev–Trinajstić information content (AvgIpc) is 2.60. The lowest BCUT2D eigenvalue weighted by molar-refractivity contribution is 0.490. The average molecular weight is 271 g/mol. The number of alkyl halides is 1. The summed E-state index contributed by atoms with van der Waals surface area (Å²) in [6.07, 6.45) is 0. The first-order valence-electron chi connectivity index (χ1n) is 5.56. The third kappa shape index (κ3) is 2.25. The number of benzene rings is 1. The van der Waals surface area contributed by atoms with Crippen LogP contribution < -0.4 is 0 Å². The SMILES string of the molecule is Cc1nn(Cc2cccc(F)c2F)c(C)c1CCl. The lowest BCUT2D eigenvalue weighted by Crippen LogP contribution is -2.07. The summed E-state index contributed by atoms with van der Waals surface area (Å²) in [7, 11) is 0. The minimum absolute atomic E-state index is 0.202. The third-order valence-corrected chi connectivity index (χ3v) is 3.28. The van der Waals surface area contributed by atoms with Crippen LogP contribution in [0.5, 0.6) is 0 Å². The fraction of sp³-hybridized carbons (Fsp3) is 0.308. The van der Waals surface area contributed by atoms with E-state index < -0.39 is 11.6 Å². The predicted octanol–water partition coefficient (Wildman–Crippen LogP) is 3.57. The largest absolute Gasteiger partial charge is 0.265 e. The molecule has 0 unspecified atom stereocenters. The van der Waals surface area contributed by atoms with E-state index in [1.54, 1.807) is 10.7 Å². The second-order valence-electron chi connectivity index (χ2n) is 4.15. The van der Waals surface area contributed by atoms with Crippen molar-refractivity contribution >= 4 is 11.6 Å². The van der Waals surface area contributed by atoms with Crippen molar-refractivity contribution < 1.29 is 8.78 Å². The molecule has 0 N–H and O–H groups in total. The van der Waals surface area contributed by atoms with Crippen LogP contribution in [0.1, 0.15) is 22.5 Å². The van der Waals surface area contributed by atoms with Gasteiger partial charge in [-0.3, -0.25) is 4.68 Å². The zero-order valence-electron chi connectivity index (χ0n) is 10.2. The molecule has 0 atom stereocenters. The summed E-state index contributed by atoms with van der Waals surface area (Å²) in [4.78, 5) is 0. The number of hydrogen-bond acceptors (Lipinski definition) is 1. The van der Waals surface area contributed by atoms with E-state index in [0.717, 1.165) is 23.0 Å². The second-order valence-corrected chi connectivity index (χ2v) is 4.42. The monoisotopic (exact) mass is 270 g/mol. The van der Waals surface area contributed by atoms with E-state index in [2.05, 4.69) is 5.10 Å². The van der Waals surface area contributed by atoms with E-state index in [1.807, 2.05) is 13.8 Å². The molecule has 0 amide bonds. The zero-order chi connectivity index (χ0) is 13.3. The Balaban J connectivity index is 2.37. The molecule has 0 bridgehead atoms. The number of hydrogen-bond donors (Lipinski definition) is 0. The van der Waals surface area contributed by atoms with Gasteiger partial charge in [0.05, 0.1) is 18.1 Å². The standard InChI is InChI=1S/C13H13ClF2N2/c1-8-11(6-14)9(2)18(17-8)7-10-4-3-5-12(15)13(10)16/h3-5H,6-7H2,1-2H3. The molecule has 0 saturated carbocycles. The van der Waals surface area contributed by atoms with Crippen molar-refractivity contribution in [1.82, 2.24) is 9.78 Å². The van der Waals surface area contributed by atoms with Crippen molar-refractivity contribution in [2.45, 2.75) is 26.3 Å². The Kier molecular flexibility index (Phi) is 3.66. The van der Waals surface area contributed by atoms with Gasteiger partial charge in [0.15, 0.2) is 11.6 Å². The zero-order valence-corrected chi connectivity index (χ0v) is 10.9. The van der Waals surface area contributed by atoms with Gasteiger partial charge in [-0.05, 0) is 19.9 Å². The lowest BCUT2D eigenvalue weighted by Gasteiger charge is -2.06. The van der Waals surface area contributed by atoms with E-state index in [-0.39, 0.29) is 12.1 Å². The predicted molar refractivity (Wildman–Crippen MR) is 66.7 cm³/mol. The molecule has 96 valence electrons. The van der Waals surface area contributed by atoms with Crippen molar-refractivity contribution in [2.75, 3.05) is 0 Å². The molecule has 5 heteroatoms. The van der Waals surface area contributed by atoms with Gasteiger partial charge in [0.25, 0.3) is 0 Å². The first-order valence-corrected chi connectivity index (χ1v) is 6.09. The quantitative estimate of drug-likeness (QED) is 0.780. The lowest BCUT2D eigenvalue weighted by atomic mass is 10.2. The topological polar surface area (TPSA) is 17.8 Å². The normalized spacial score (nSPS) is 10.9. The van der Waals surface area contributed by atoms with Crippen LogP contribution in [0.4, 0.5) is 8.78 Å². The minimum Gasteiger partial charge on any atom is -0.265 e. The van der Waals surface area contributed by atoms with Crippen LogP contribution in [0, 0.1) is 25.5 Å². The van der Waals surface area contributed by atoms with Crippen molar-refractivity contribution in [2.24, 2.45) is 0 Å². The maximum atomic E-state index is 13.6. The molecule has 0 spiro atoms. The summed E-state index contributed by atoms with van der Waals surface area (Å²) in [5.41, 5.74) is 2.92. The Morgan fingerprint density at radius 2 is 2.00 bits per heavy atom. The summed E-state index contributed by atoms with van der Waals surface area (Å²) in [6.45, 7) is 3.92. The molecule has 0 fully saturated rings. The van der Waals surface area contributed by atoms with Crippen LogP contribution in [0.25, 0.3) is 0 Å². The van der Waals surface area contributed by atoms with Crippen molar-refractivity contribution in [3.8, 4) is 0 Å². The highest BCUT2D eigenvalue weighted by atomic mass is 35.5. The molecule has 2 nitrogen and oxygen atoms in total. The first-order chi connectivity index (χ1) is 8.54. The van der Waals surface area contributed by atoms with Crippen LogP contribution in [0.3, 0.4) is 0 Å². The van der Waals surface area contributed by atoms with Crippen molar-refractivity contribution in [1.29, 1.82) is 0 Å². The van der Waals surface area contributed by atoms with Crippen LogP contribution >= 0.6 is 11.6 Å². The summed E-state index contributed by atoms with van der Waals surface area (Å²) >= 11 is 5.82. The molecule has 1 aromatic carbocycles. The molecule has 18 heavy (non-hydrogen) atoms. The van der Waals surface area contributed by atoms with Crippen molar-refractivity contribution in [3.05, 3.63) is 52.3 Å². The van der Waals surface area contributed by atoms with E-state index in [0.29, 0.717) is 5.88 Å². The Hall–Kier alpha value is -1.42. The maximum Gasteiger partial charge on any atom is 0.163 e. The van der Waals surface area contributed by atoms with Gasteiger partial charge in [0.1, 0.15) is 0 Å². The van der Waals surface area contributed by atoms with Crippen LogP contribution in [-0.2, 0) is 12.4 Å². The Bertz CT molecular complexity index is 579. The van der Waals surface area contributed by atoms with Crippen LogP contribution in [-0.4, -0.2) is 9.78 Å². The Morgan fingerprint density at radius 3 is 2.61 bits per heavy atom. The van der Waals surface area contributed by atoms with E-state index >= 15 is 0 Å². The molecule has 0 aliphatic heterocycles. The number of aryl methyl sites for hydroxylation is 1. The highest BCUT2D eigenvalue weighted by Gasteiger charge is 2.13. The van der Waals surface area contributed by atoms with Gasteiger partial charge < -0.3 is 0 Å². The highest BCUT2D eigenvalue weighted by Crippen LogP contribution is 2.18. The van der Waals surface area contributed by atoms with Crippen molar-refractivity contribution in [3.63, 3.8) is 0 Å². The first kappa shape index (κ1) is 13.0. The third-order valence-electron chi connectivity index (χ3n) is 3.02. The van der Waals surface area contributed by atoms with Gasteiger partial charge in [0.2, 0.25) is 0 Å². The fourth-order valence-electron chi connectivity index (χ4n) is 1.91. The van der Waals surface area contributed by atoms with Crippen LogP contribution in [0.2, 0.25) is 0 Å². The summed E-state index contributed by atoms with van der Waals surface area (Å²) in [5, 5.41) is 4.29. The van der Waals surface area contributed by atoms with Gasteiger partial charge in [-0.2, -0.15) is 5.10 Å². The Morgan fingerprint density at radius 1 is 1.28 bits per heavy atom. The molecule has 2 rings (SSSR count). The number of halogens is 3. The molecule has 1 heterocycles. The van der Waals surface area contributed by atoms with Gasteiger partial charge >= 0.3 is 0 Å². The molecular weight excluding hydrogens is 258 g/mol. The second kappa shape index (κ2) is 5.06. The molecule has 0 saturated heterocycles. The van der Waals surface area contributed by atoms with E-state index in [1.165, 1.54) is 6.07 Å². The van der Waals surface area contributed by atoms with Gasteiger partial charge in [-0.25, -0.2) is 8.78 Å².